The molecule has 0 aliphatic carbocycles. The third kappa shape index (κ3) is 5.17. The Labute approximate surface area is 199 Å². The number of halogens is 3. The van der Waals surface area contributed by atoms with Gasteiger partial charge < -0.3 is 14.7 Å². The first-order chi connectivity index (χ1) is 15.8. The first kappa shape index (κ1) is 23.2. The summed E-state index contributed by atoms with van der Waals surface area (Å²) in [5, 5.41) is 7.05. The van der Waals surface area contributed by atoms with E-state index in [9.17, 15) is 14.0 Å². The molecule has 1 aliphatic heterocycles. The molecule has 0 saturated carbocycles. The van der Waals surface area contributed by atoms with E-state index in [4.69, 9.17) is 27.7 Å². The van der Waals surface area contributed by atoms with Crippen LogP contribution in [0.3, 0.4) is 0 Å². The summed E-state index contributed by atoms with van der Waals surface area (Å²) in [5.74, 6) is -0.545. The van der Waals surface area contributed by atoms with Gasteiger partial charge in [-0.3, -0.25) is 9.59 Å². The van der Waals surface area contributed by atoms with Crippen molar-refractivity contribution >= 4 is 35.0 Å². The summed E-state index contributed by atoms with van der Waals surface area (Å²) in [5.41, 5.74) is 0.723. The van der Waals surface area contributed by atoms with E-state index in [1.54, 1.807) is 42.2 Å². The number of carbonyl (C=O) groups is 2. The Morgan fingerprint density at radius 3 is 2.82 bits per heavy atom. The molecule has 1 aliphatic rings. The molecule has 3 aromatic rings. The molecule has 1 fully saturated rings. The lowest BCUT2D eigenvalue weighted by atomic mass is 9.97. The number of hydrogen-bond acceptors (Lipinski definition) is 5. The molecular formula is C23H21Cl2FN4O3. The van der Waals surface area contributed by atoms with Crippen LogP contribution in [0.5, 0.6) is 0 Å². The van der Waals surface area contributed by atoms with Crippen LogP contribution in [-0.2, 0) is 4.79 Å². The van der Waals surface area contributed by atoms with Crippen LogP contribution in [-0.4, -0.2) is 46.0 Å². The minimum atomic E-state index is -0.767. The number of nitrogens with zero attached hydrogens (tertiary/aromatic N) is 3. The van der Waals surface area contributed by atoms with E-state index in [-0.39, 0.29) is 33.3 Å². The van der Waals surface area contributed by atoms with Crippen LogP contribution in [0.2, 0.25) is 10.0 Å². The zero-order valence-electron chi connectivity index (χ0n) is 17.7. The number of aromatic nitrogens is 2. The number of hydrogen-bond donors (Lipinski definition) is 1. The first-order valence-corrected chi connectivity index (χ1v) is 11.2. The van der Waals surface area contributed by atoms with E-state index < -0.39 is 11.9 Å². The highest BCUT2D eigenvalue weighted by Gasteiger charge is 2.31. The lowest BCUT2D eigenvalue weighted by molar-refractivity contribution is -0.134. The average molecular weight is 491 g/mol. The van der Waals surface area contributed by atoms with Gasteiger partial charge in [-0.15, -0.1) is 0 Å². The van der Waals surface area contributed by atoms with Gasteiger partial charge in [-0.25, -0.2) is 4.39 Å². The van der Waals surface area contributed by atoms with Crippen molar-refractivity contribution < 1.29 is 18.5 Å². The lowest BCUT2D eigenvalue weighted by Gasteiger charge is -2.33. The van der Waals surface area contributed by atoms with Crippen LogP contribution in [0.4, 0.5) is 4.39 Å². The van der Waals surface area contributed by atoms with Gasteiger partial charge in [0.05, 0.1) is 21.5 Å². The molecule has 7 nitrogen and oxygen atoms in total. The number of likely N-dealkylation sites (tertiary alicyclic amines) is 1. The second kappa shape index (κ2) is 9.89. The highest BCUT2D eigenvalue weighted by Crippen LogP contribution is 2.28. The van der Waals surface area contributed by atoms with Gasteiger partial charge in [-0.1, -0.05) is 46.6 Å². The molecule has 33 heavy (non-hydrogen) atoms. The van der Waals surface area contributed by atoms with Gasteiger partial charge in [0.15, 0.2) is 0 Å². The zero-order chi connectivity index (χ0) is 23.5. The van der Waals surface area contributed by atoms with Crippen LogP contribution in [0.25, 0.3) is 11.4 Å². The zero-order valence-corrected chi connectivity index (χ0v) is 19.2. The number of amides is 2. The van der Waals surface area contributed by atoms with E-state index in [2.05, 4.69) is 15.5 Å². The van der Waals surface area contributed by atoms with Crippen LogP contribution < -0.4 is 5.32 Å². The van der Waals surface area contributed by atoms with Gasteiger partial charge in [-0.05, 0) is 44.0 Å². The van der Waals surface area contributed by atoms with E-state index in [1.165, 1.54) is 12.1 Å². The molecular weight excluding hydrogens is 470 g/mol. The molecule has 10 heteroatoms. The third-order valence-electron chi connectivity index (χ3n) is 5.52. The molecule has 1 saturated heterocycles. The molecule has 172 valence electrons. The maximum atomic E-state index is 13.5. The molecule has 0 radical (unpaired) electrons. The van der Waals surface area contributed by atoms with Crippen molar-refractivity contribution in [2.75, 3.05) is 13.1 Å². The van der Waals surface area contributed by atoms with E-state index >= 15 is 0 Å². The second-order valence-electron chi connectivity index (χ2n) is 7.89. The Morgan fingerprint density at radius 1 is 1.24 bits per heavy atom. The topological polar surface area (TPSA) is 88.3 Å². The Morgan fingerprint density at radius 2 is 2.03 bits per heavy atom. The molecule has 2 heterocycles. The molecule has 1 N–H and O–H groups in total. The lowest BCUT2D eigenvalue weighted by Crippen LogP contribution is -2.49. The number of benzene rings is 2. The Bertz CT molecular complexity index is 1190. The summed E-state index contributed by atoms with van der Waals surface area (Å²) >= 11 is 12.1. The molecule has 1 aromatic heterocycles. The fourth-order valence-corrected chi connectivity index (χ4v) is 4.20. The van der Waals surface area contributed by atoms with Crippen molar-refractivity contribution in [3.63, 3.8) is 0 Å². The molecule has 2 amide bonds. The smallest absolute Gasteiger partial charge is 0.253 e. The van der Waals surface area contributed by atoms with Crippen molar-refractivity contribution in [3.05, 3.63) is 69.8 Å². The molecule has 2 atom stereocenters. The minimum absolute atomic E-state index is 0.139. The Balaban J connectivity index is 1.41. The van der Waals surface area contributed by atoms with E-state index in [1.807, 2.05) is 0 Å². The summed E-state index contributed by atoms with van der Waals surface area (Å²) < 4.78 is 18.9. The second-order valence-corrected chi connectivity index (χ2v) is 8.67. The van der Waals surface area contributed by atoms with E-state index in [0.717, 1.165) is 12.8 Å². The predicted octanol–water partition coefficient (Wildman–Crippen LogP) is 4.71. The van der Waals surface area contributed by atoms with Crippen molar-refractivity contribution in [2.24, 2.45) is 0 Å². The maximum Gasteiger partial charge on any atom is 0.253 e. The molecule has 2 aromatic carbocycles. The predicted molar refractivity (Wildman–Crippen MR) is 122 cm³/mol. The highest BCUT2D eigenvalue weighted by atomic mass is 35.5. The quantitative estimate of drug-likeness (QED) is 0.559. The van der Waals surface area contributed by atoms with Gasteiger partial charge in [0.2, 0.25) is 17.6 Å². The van der Waals surface area contributed by atoms with Gasteiger partial charge in [0.1, 0.15) is 11.9 Å². The molecule has 2 unspecified atom stereocenters. The summed E-state index contributed by atoms with van der Waals surface area (Å²) in [6.45, 7) is 2.55. The average Bonchev–Trinajstić information content (AvgIpc) is 3.31. The van der Waals surface area contributed by atoms with Crippen molar-refractivity contribution in [2.45, 2.75) is 31.7 Å². The maximum absolute atomic E-state index is 13.5. The molecule has 4 rings (SSSR count). The normalized spacial score (nSPS) is 17.0. The van der Waals surface area contributed by atoms with Gasteiger partial charge in [-0.2, -0.15) is 4.98 Å². The summed E-state index contributed by atoms with van der Waals surface area (Å²) in [6.07, 6.45) is 1.52. The van der Waals surface area contributed by atoms with Crippen LogP contribution in [0.15, 0.2) is 47.0 Å². The summed E-state index contributed by atoms with van der Waals surface area (Å²) in [6, 6.07) is 9.93. The SMILES string of the molecule is CC(NC(=O)c1cccc(Cl)c1Cl)C(=O)N1CCCC(c2nc(-c3cccc(F)c3)no2)C1. The molecule has 0 bridgehead atoms. The number of rotatable bonds is 5. The largest absolute Gasteiger partial charge is 0.340 e. The minimum Gasteiger partial charge on any atom is -0.340 e. The molecule has 0 spiro atoms. The van der Waals surface area contributed by atoms with Crippen molar-refractivity contribution in [3.8, 4) is 11.4 Å². The monoisotopic (exact) mass is 490 g/mol. The summed E-state index contributed by atoms with van der Waals surface area (Å²) in [4.78, 5) is 31.7. The fraction of sp³-hybridized carbons (Fsp3) is 0.304. The van der Waals surface area contributed by atoms with Crippen LogP contribution >= 0.6 is 23.2 Å². The number of nitrogens with one attached hydrogen (secondary N) is 1. The number of carbonyl (C=O) groups excluding carboxylic acids is 2. The van der Waals surface area contributed by atoms with Crippen LogP contribution in [0.1, 0.15) is 41.9 Å². The van der Waals surface area contributed by atoms with Crippen LogP contribution in [0, 0.1) is 5.82 Å². The third-order valence-corrected chi connectivity index (χ3v) is 6.34. The van der Waals surface area contributed by atoms with Gasteiger partial charge in [0, 0.05) is 18.7 Å². The van der Waals surface area contributed by atoms with Crippen molar-refractivity contribution in [1.29, 1.82) is 0 Å². The van der Waals surface area contributed by atoms with Crippen molar-refractivity contribution in [1.82, 2.24) is 20.4 Å². The highest BCUT2D eigenvalue weighted by molar-refractivity contribution is 6.43. The fourth-order valence-electron chi connectivity index (χ4n) is 3.81. The van der Waals surface area contributed by atoms with Gasteiger partial charge >= 0.3 is 0 Å². The first-order valence-electron chi connectivity index (χ1n) is 10.5. The standard InChI is InChI=1S/C23H21Cl2FN4O3/c1-13(27-21(31)17-8-3-9-18(24)19(17)25)23(32)30-10-4-6-15(12-30)22-28-20(29-33-22)14-5-2-7-16(26)11-14/h2-3,5,7-9,11,13,15H,4,6,10,12H2,1H3,(H,27,31). The summed E-state index contributed by atoms with van der Waals surface area (Å²) in [7, 11) is 0. The van der Waals surface area contributed by atoms with E-state index in [0.29, 0.717) is 30.4 Å². The Hall–Kier alpha value is -2.97. The number of piperidine rings is 1. The Kier molecular flexibility index (Phi) is 6.95. The van der Waals surface area contributed by atoms with Gasteiger partial charge in [0.25, 0.3) is 5.91 Å².